The number of phenolic OH excluding ortho intramolecular Hbond substituents is 4. The lowest BCUT2D eigenvalue weighted by atomic mass is 9.91. The topological polar surface area (TPSA) is 199 Å². The van der Waals surface area contributed by atoms with Crippen molar-refractivity contribution in [3.8, 4) is 23.0 Å². The fraction of sp³-hybridized carbons (Fsp3) is 0.300. The molecule has 1 aliphatic heterocycles. The zero-order valence-electron chi connectivity index (χ0n) is 29.2. The van der Waals surface area contributed by atoms with Crippen molar-refractivity contribution in [2.75, 3.05) is 0 Å². The van der Waals surface area contributed by atoms with Crippen LogP contribution in [-0.2, 0) is 19.7 Å². The van der Waals surface area contributed by atoms with Crippen molar-refractivity contribution in [1.29, 1.82) is 0 Å². The van der Waals surface area contributed by atoms with Crippen LogP contribution in [0.2, 0.25) is 0 Å². The predicted octanol–water partition coefficient (Wildman–Crippen LogP) is 6.19. The van der Waals surface area contributed by atoms with Gasteiger partial charge < -0.3 is 20.4 Å². The highest BCUT2D eigenvalue weighted by Gasteiger charge is 2.27. The summed E-state index contributed by atoms with van der Waals surface area (Å²) >= 11 is 0. The molecule has 2 saturated carbocycles. The van der Waals surface area contributed by atoms with E-state index < -0.39 is 19.7 Å². The molecule has 4 atom stereocenters. The van der Waals surface area contributed by atoms with Crippen LogP contribution in [0.1, 0.15) is 73.6 Å². The maximum atomic E-state index is 13.9. The van der Waals surface area contributed by atoms with Crippen molar-refractivity contribution in [2.24, 2.45) is 20.0 Å². The van der Waals surface area contributed by atoms with Gasteiger partial charge in [-0.3, -0.25) is 20.0 Å². The summed E-state index contributed by atoms with van der Waals surface area (Å²) in [7, 11) is -8.20. The third kappa shape index (κ3) is 7.66. The Balaban J connectivity index is 1.34. The summed E-state index contributed by atoms with van der Waals surface area (Å²) in [6, 6.07) is 14.5. The van der Waals surface area contributed by atoms with Crippen LogP contribution in [0, 0.1) is 0 Å². The minimum Gasteiger partial charge on any atom is -0.507 e. The molecule has 0 unspecified atom stereocenters. The average Bonchev–Trinajstić information content (AvgIpc) is 3.16. The van der Waals surface area contributed by atoms with Crippen molar-refractivity contribution in [3.63, 3.8) is 0 Å². The monoisotopic (exact) mass is 768 g/mol. The van der Waals surface area contributed by atoms with E-state index in [1.165, 1.54) is 97.7 Å². The maximum absolute atomic E-state index is 13.9. The van der Waals surface area contributed by atoms with Crippen molar-refractivity contribution in [3.05, 3.63) is 95.1 Å². The SMILES string of the molecule is O=S1(=O)c2ccc(O)c(c2)C=N[C@H]2CCCC[C@@H]2N=Cc2cc(ccc2O)S(=O)(=O)c2ccc(O)c(c2)C=N[C@H]2CCCC[C@@H]2N=Cc2cc1ccc2O. The molecule has 7 rings (SSSR count). The number of fused-ring (bicyclic) bond motifs is 10. The van der Waals surface area contributed by atoms with E-state index in [-0.39, 0.29) is 89.0 Å². The molecule has 0 saturated heterocycles. The Morgan fingerprint density at radius 2 is 0.611 bits per heavy atom. The van der Waals surface area contributed by atoms with Gasteiger partial charge in [-0.25, -0.2) is 16.8 Å². The standard InChI is InChI=1S/C40H40N4O8S2/c45-37-13-9-29-17-25(37)21-41-33-5-1-2-6-34(33)42-22-26-18-30(10-14-38(26)46)54(51,52)32-12-16-40(48)28(20-32)24-44-36-8-4-3-7-35(36)43-23-27-19-31(53(29,49)50)11-15-39(27)47/h9-24,33-36,45-48H,1-8H2/t33-,34-,35-,36-/m0/s1. The molecule has 280 valence electrons. The molecule has 0 radical (unpaired) electrons. The van der Waals surface area contributed by atoms with Crippen LogP contribution in [0.3, 0.4) is 0 Å². The first-order valence-corrected chi connectivity index (χ1v) is 20.8. The number of benzene rings is 4. The summed E-state index contributed by atoms with van der Waals surface area (Å²) < 4.78 is 55.5. The Morgan fingerprint density at radius 1 is 0.389 bits per heavy atom. The van der Waals surface area contributed by atoms with E-state index in [2.05, 4.69) is 0 Å². The molecule has 0 amide bonds. The van der Waals surface area contributed by atoms with Gasteiger partial charge in [-0.1, -0.05) is 25.7 Å². The minimum atomic E-state index is -4.10. The Bertz CT molecular complexity index is 2100. The smallest absolute Gasteiger partial charge is 0.206 e. The van der Waals surface area contributed by atoms with Gasteiger partial charge in [0.25, 0.3) is 0 Å². The van der Waals surface area contributed by atoms with Crippen molar-refractivity contribution >= 4 is 44.5 Å². The first-order valence-electron chi connectivity index (χ1n) is 17.8. The van der Waals surface area contributed by atoms with Gasteiger partial charge in [-0.05, 0) is 98.5 Å². The summed E-state index contributed by atoms with van der Waals surface area (Å²) in [4.78, 5) is 18.5. The highest BCUT2D eigenvalue weighted by Crippen LogP contribution is 2.32. The van der Waals surface area contributed by atoms with Crippen LogP contribution in [-0.4, -0.2) is 86.3 Å². The lowest BCUT2D eigenvalue weighted by Gasteiger charge is -2.25. The zero-order chi connectivity index (χ0) is 38.0. The van der Waals surface area contributed by atoms with Gasteiger partial charge in [-0.2, -0.15) is 0 Å². The number of phenols is 4. The van der Waals surface area contributed by atoms with Crippen LogP contribution < -0.4 is 0 Å². The minimum absolute atomic E-state index is 0.0747. The molecule has 54 heavy (non-hydrogen) atoms. The van der Waals surface area contributed by atoms with Crippen molar-refractivity contribution in [2.45, 2.75) is 95.1 Å². The molecule has 14 heteroatoms. The lowest BCUT2D eigenvalue weighted by Crippen LogP contribution is -2.27. The molecule has 4 aromatic carbocycles. The normalized spacial score (nSPS) is 23.6. The highest BCUT2D eigenvalue weighted by molar-refractivity contribution is 7.91. The van der Waals surface area contributed by atoms with Gasteiger partial charge in [0.1, 0.15) is 23.0 Å². The third-order valence-corrected chi connectivity index (χ3v) is 13.7. The molecule has 0 aromatic heterocycles. The Kier molecular flexibility index (Phi) is 10.4. The Hall–Kier alpha value is -5.34. The first kappa shape index (κ1) is 37.0. The highest BCUT2D eigenvalue weighted by atomic mass is 32.2. The maximum Gasteiger partial charge on any atom is 0.206 e. The van der Waals surface area contributed by atoms with E-state index in [0.29, 0.717) is 25.7 Å². The molecule has 3 aliphatic rings. The number of hydrogen-bond donors (Lipinski definition) is 4. The predicted molar refractivity (Wildman–Crippen MR) is 206 cm³/mol. The number of rotatable bonds is 0. The molecule has 12 nitrogen and oxygen atoms in total. The fourth-order valence-corrected chi connectivity index (χ4v) is 9.73. The van der Waals surface area contributed by atoms with E-state index in [9.17, 15) is 37.3 Å². The summed E-state index contributed by atoms with van der Waals surface area (Å²) in [5, 5.41) is 42.8. The Labute approximate surface area is 313 Å². The van der Waals surface area contributed by atoms with Gasteiger partial charge in [0.05, 0.1) is 43.7 Å². The molecule has 4 aromatic rings. The Morgan fingerprint density at radius 3 is 0.833 bits per heavy atom. The molecule has 1 heterocycles. The number of aromatic hydroxyl groups is 4. The first-order chi connectivity index (χ1) is 25.9. The molecule has 8 bridgehead atoms. The lowest BCUT2D eigenvalue weighted by molar-refractivity contribution is 0.390. The second-order valence-corrected chi connectivity index (χ2v) is 17.7. The largest absolute Gasteiger partial charge is 0.507 e. The number of nitrogens with zero attached hydrogens (tertiary/aromatic N) is 4. The van der Waals surface area contributed by atoms with E-state index in [4.69, 9.17) is 20.0 Å². The van der Waals surface area contributed by atoms with Crippen molar-refractivity contribution < 1.29 is 37.3 Å². The summed E-state index contributed by atoms with van der Waals surface area (Å²) in [5.74, 6) is -0.635. The van der Waals surface area contributed by atoms with E-state index in [1.807, 2.05) is 0 Å². The van der Waals surface area contributed by atoms with Crippen LogP contribution in [0.15, 0.2) is 112 Å². The molecule has 2 aliphatic carbocycles. The van der Waals surface area contributed by atoms with Crippen LogP contribution in [0.25, 0.3) is 0 Å². The van der Waals surface area contributed by atoms with Crippen LogP contribution in [0.5, 0.6) is 23.0 Å². The summed E-state index contributed by atoms with van der Waals surface area (Å²) in [6.07, 6.45) is 11.9. The van der Waals surface area contributed by atoms with E-state index in [1.54, 1.807) is 0 Å². The molecule has 4 N–H and O–H groups in total. The zero-order valence-corrected chi connectivity index (χ0v) is 30.9. The van der Waals surface area contributed by atoms with Crippen LogP contribution >= 0.6 is 0 Å². The third-order valence-electron chi connectivity index (χ3n) is 10.2. The van der Waals surface area contributed by atoms with Gasteiger partial charge in [0.15, 0.2) is 0 Å². The van der Waals surface area contributed by atoms with Crippen molar-refractivity contribution in [1.82, 2.24) is 0 Å². The summed E-state index contributed by atoms with van der Waals surface area (Å²) in [6.45, 7) is 0. The van der Waals surface area contributed by atoms with Gasteiger partial charge in [-0.15, -0.1) is 0 Å². The van der Waals surface area contributed by atoms with Gasteiger partial charge >= 0.3 is 0 Å². The van der Waals surface area contributed by atoms with E-state index >= 15 is 0 Å². The van der Waals surface area contributed by atoms with Gasteiger partial charge in [0.2, 0.25) is 19.7 Å². The quantitative estimate of drug-likeness (QED) is 0.162. The van der Waals surface area contributed by atoms with E-state index in [0.717, 1.165) is 25.7 Å². The molecule has 2 fully saturated rings. The van der Waals surface area contributed by atoms with Crippen LogP contribution in [0.4, 0.5) is 0 Å². The number of sulfone groups is 2. The molecule has 0 spiro atoms. The fourth-order valence-electron chi connectivity index (χ4n) is 7.07. The average molecular weight is 769 g/mol. The van der Waals surface area contributed by atoms with Gasteiger partial charge in [0, 0.05) is 47.1 Å². The molecular formula is C40H40N4O8S2. The summed E-state index contributed by atoms with van der Waals surface area (Å²) in [5.41, 5.74) is 0.790. The number of hydrogen-bond acceptors (Lipinski definition) is 12. The second kappa shape index (κ2) is 15.2. The number of aliphatic imine (C=N–C) groups is 4. The molecular weight excluding hydrogens is 729 g/mol. The second-order valence-electron chi connectivity index (χ2n) is 13.8.